The highest BCUT2D eigenvalue weighted by molar-refractivity contribution is 7.13. The molecule has 6 nitrogen and oxygen atoms in total. The minimum Gasteiger partial charge on any atom is -0.345 e. The second kappa shape index (κ2) is 6.01. The Morgan fingerprint density at radius 1 is 1.38 bits per heavy atom. The van der Waals surface area contributed by atoms with E-state index in [4.69, 9.17) is 0 Å². The molecule has 1 aromatic rings. The van der Waals surface area contributed by atoms with Gasteiger partial charge in [-0.25, -0.2) is 4.98 Å². The molecule has 0 N–H and O–H groups in total. The number of rotatable bonds is 3. The molecule has 7 heteroatoms. The van der Waals surface area contributed by atoms with Gasteiger partial charge in [0.05, 0.1) is 5.92 Å². The van der Waals surface area contributed by atoms with Crippen LogP contribution in [0.5, 0.6) is 0 Å². The molecule has 1 aromatic heterocycles. The number of piperazine rings is 1. The van der Waals surface area contributed by atoms with Crippen molar-refractivity contribution in [2.75, 3.05) is 44.2 Å². The van der Waals surface area contributed by atoms with Crippen LogP contribution in [0, 0.1) is 5.92 Å². The van der Waals surface area contributed by atoms with Crippen LogP contribution in [0.3, 0.4) is 0 Å². The van der Waals surface area contributed by atoms with Crippen molar-refractivity contribution < 1.29 is 9.59 Å². The van der Waals surface area contributed by atoms with Crippen molar-refractivity contribution in [1.82, 2.24) is 14.8 Å². The molecule has 2 aliphatic heterocycles. The lowest BCUT2D eigenvalue weighted by Crippen LogP contribution is -2.50. The van der Waals surface area contributed by atoms with E-state index in [1.54, 1.807) is 22.4 Å². The molecule has 0 radical (unpaired) electrons. The van der Waals surface area contributed by atoms with Gasteiger partial charge in [-0.2, -0.15) is 0 Å². The van der Waals surface area contributed by atoms with Gasteiger partial charge in [-0.1, -0.05) is 0 Å². The van der Waals surface area contributed by atoms with E-state index in [-0.39, 0.29) is 17.7 Å². The van der Waals surface area contributed by atoms with Crippen LogP contribution >= 0.6 is 11.3 Å². The normalized spacial score (nSPS) is 23.0. The average Bonchev–Trinajstić information content (AvgIpc) is 3.16. The molecule has 1 atom stereocenters. The summed E-state index contributed by atoms with van der Waals surface area (Å²) in [5, 5.41) is 2.99. The highest BCUT2D eigenvalue weighted by atomic mass is 32.1. The van der Waals surface area contributed by atoms with E-state index in [1.807, 2.05) is 17.2 Å². The van der Waals surface area contributed by atoms with E-state index >= 15 is 0 Å². The van der Waals surface area contributed by atoms with E-state index < -0.39 is 0 Å². The Morgan fingerprint density at radius 2 is 2.14 bits per heavy atom. The first kappa shape index (κ1) is 14.3. The van der Waals surface area contributed by atoms with Crippen LogP contribution < -0.4 is 4.90 Å². The van der Waals surface area contributed by atoms with Gasteiger partial charge in [-0.15, -0.1) is 11.3 Å². The SMILES string of the molecule is CCN1C[C@@H](C(=O)N2CCN(c3nccs3)CC2)CC1=O. The van der Waals surface area contributed by atoms with Crippen molar-refractivity contribution in [3.05, 3.63) is 11.6 Å². The molecule has 3 heterocycles. The number of hydrogen-bond donors (Lipinski definition) is 0. The highest BCUT2D eigenvalue weighted by Crippen LogP contribution is 2.23. The molecule has 0 unspecified atom stereocenters. The van der Waals surface area contributed by atoms with Gasteiger partial charge >= 0.3 is 0 Å². The summed E-state index contributed by atoms with van der Waals surface area (Å²) < 4.78 is 0. The molecule has 2 amide bonds. The molecule has 2 aliphatic rings. The predicted octanol–water partition coefficient (Wildman–Crippen LogP) is 0.660. The monoisotopic (exact) mass is 308 g/mol. The van der Waals surface area contributed by atoms with Gasteiger partial charge in [0.25, 0.3) is 0 Å². The zero-order chi connectivity index (χ0) is 14.8. The zero-order valence-corrected chi connectivity index (χ0v) is 13.0. The Morgan fingerprint density at radius 3 is 2.71 bits per heavy atom. The van der Waals surface area contributed by atoms with Crippen molar-refractivity contribution in [3.63, 3.8) is 0 Å². The van der Waals surface area contributed by atoms with Gasteiger partial charge in [0, 0.05) is 57.3 Å². The molecule has 0 aliphatic carbocycles. The summed E-state index contributed by atoms with van der Waals surface area (Å²) in [4.78, 5) is 34.5. The lowest BCUT2D eigenvalue weighted by molar-refractivity contribution is -0.136. The summed E-state index contributed by atoms with van der Waals surface area (Å²) in [5.74, 6) is 0.0965. The maximum Gasteiger partial charge on any atom is 0.228 e. The van der Waals surface area contributed by atoms with Crippen LogP contribution in [0.4, 0.5) is 5.13 Å². The maximum atomic E-state index is 12.5. The summed E-state index contributed by atoms with van der Waals surface area (Å²) in [6.07, 6.45) is 2.18. The topological polar surface area (TPSA) is 56.8 Å². The predicted molar refractivity (Wildman–Crippen MR) is 81.3 cm³/mol. The Kier molecular flexibility index (Phi) is 4.10. The first-order valence-electron chi connectivity index (χ1n) is 7.40. The first-order valence-corrected chi connectivity index (χ1v) is 8.28. The van der Waals surface area contributed by atoms with Gasteiger partial charge < -0.3 is 14.7 Å². The third-order valence-electron chi connectivity index (χ3n) is 4.23. The fraction of sp³-hybridized carbons (Fsp3) is 0.643. The molecule has 21 heavy (non-hydrogen) atoms. The summed E-state index contributed by atoms with van der Waals surface area (Å²) in [6.45, 7) is 6.30. The molecule has 114 valence electrons. The molecule has 2 saturated heterocycles. The number of carbonyl (C=O) groups excluding carboxylic acids is 2. The first-order chi connectivity index (χ1) is 10.2. The Labute approximate surface area is 128 Å². The van der Waals surface area contributed by atoms with Crippen LogP contribution in [0.1, 0.15) is 13.3 Å². The van der Waals surface area contributed by atoms with Crippen LogP contribution in [-0.4, -0.2) is 65.9 Å². The summed E-state index contributed by atoms with van der Waals surface area (Å²) in [5.41, 5.74) is 0. The van der Waals surface area contributed by atoms with Crippen molar-refractivity contribution in [2.24, 2.45) is 5.92 Å². The van der Waals surface area contributed by atoms with Crippen LogP contribution in [0.25, 0.3) is 0 Å². The molecular weight excluding hydrogens is 288 g/mol. The molecule has 0 bridgehead atoms. The van der Waals surface area contributed by atoms with Crippen molar-refractivity contribution >= 4 is 28.3 Å². The third kappa shape index (κ3) is 2.88. The van der Waals surface area contributed by atoms with Gasteiger partial charge in [-0.05, 0) is 6.92 Å². The van der Waals surface area contributed by atoms with E-state index in [1.165, 1.54) is 0 Å². The molecule has 0 spiro atoms. The smallest absolute Gasteiger partial charge is 0.228 e. The maximum absolute atomic E-state index is 12.5. The van der Waals surface area contributed by atoms with Crippen LogP contribution in [-0.2, 0) is 9.59 Å². The lowest BCUT2D eigenvalue weighted by atomic mass is 10.1. The minimum atomic E-state index is -0.149. The second-order valence-electron chi connectivity index (χ2n) is 5.46. The largest absolute Gasteiger partial charge is 0.345 e. The van der Waals surface area contributed by atoms with E-state index in [0.29, 0.717) is 19.5 Å². The Balaban J connectivity index is 1.55. The number of nitrogens with zero attached hydrogens (tertiary/aromatic N) is 4. The number of aromatic nitrogens is 1. The van der Waals surface area contributed by atoms with Crippen molar-refractivity contribution in [2.45, 2.75) is 13.3 Å². The Hall–Kier alpha value is -1.63. The fourth-order valence-corrected chi connectivity index (χ4v) is 3.69. The van der Waals surface area contributed by atoms with Gasteiger partial charge in [0.1, 0.15) is 0 Å². The number of hydrogen-bond acceptors (Lipinski definition) is 5. The van der Waals surface area contributed by atoms with Gasteiger partial charge in [0.15, 0.2) is 5.13 Å². The van der Waals surface area contributed by atoms with Gasteiger partial charge in [-0.3, -0.25) is 9.59 Å². The summed E-state index contributed by atoms with van der Waals surface area (Å²) in [6, 6.07) is 0. The molecule has 2 fully saturated rings. The lowest BCUT2D eigenvalue weighted by Gasteiger charge is -2.35. The summed E-state index contributed by atoms with van der Waals surface area (Å²) in [7, 11) is 0. The van der Waals surface area contributed by atoms with Crippen LogP contribution in [0.2, 0.25) is 0 Å². The molecular formula is C14H20N4O2S. The molecule has 0 aromatic carbocycles. The number of amides is 2. The second-order valence-corrected chi connectivity index (χ2v) is 6.33. The number of anilines is 1. The molecule has 3 rings (SSSR count). The highest BCUT2D eigenvalue weighted by Gasteiger charge is 2.36. The van der Waals surface area contributed by atoms with E-state index in [0.717, 1.165) is 31.3 Å². The van der Waals surface area contributed by atoms with E-state index in [9.17, 15) is 9.59 Å². The number of thiazole rings is 1. The van der Waals surface area contributed by atoms with Crippen molar-refractivity contribution in [1.29, 1.82) is 0 Å². The van der Waals surface area contributed by atoms with E-state index in [2.05, 4.69) is 9.88 Å². The molecule has 0 saturated carbocycles. The standard InChI is InChI=1S/C14H20N4O2S/c1-2-16-10-11(9-12(16)19)13(20)17-4-6-18(7-5-17)14-15-3-8-21-14/h3,8,11H,2,4-7,9-10H2,1H3/t11-/m0/s1. The Bertz CT molecular complexity index is 511. The van der Waals surface area contributed by atoms with Crippen LogP contribution in [0.15, 0.2) is 11.6 Å². The minimum absolute atomic E-state index is 0.109. The number of likely N-dealkylation sites (tertiary alicyclic amines) is 1. The van der Waals surface area contributed by atoms with Crippen molar-refractivity contribution in [3.8, 4) is 0 Å². The third-order valence-corrected chi connectivity index (χ3v) is 5.06. The average molecular weight is 308 g/mol. The quantitative estimate of drug-likeness (QED) is 0.823. The zero-order valence-electron chi connectivity index (χ0n) is 12.2. The number of carbonyl (C=O) groups is 2. The van der Waals surface area contributed by atoms with Gasteiger partial charge in [0.2, 0.25) is 11.8 Å². The fourth-order valence-electron chi connectivity index (χ4n) is 2.99. The summed E-state index contributed by atoms with van der Waals surface area (Å²) >= 11 is 1.63.